The highest BCUT2D eigenvalue weighted by atomic mass is 16.5. The predicted octanol–water partition coefficient (Wildman–Crippen LogP) is 0.492. The molecule has 0 amide bonds. The van der Waals surface area contributed by atoms with Crippen molar-refractivity contribution in [3.8, 4) is 0 Å². The van der Waals surface area contributed by atoms with Crippen LogP contribution in [0.4, 0.5) is 0 Å². The van der Waals surface area contributed by atoms with Gasteiger partial charge in [-0.25, -0.2) is 0 Å². The molecule has 0 aromatic heterocycles. The fourth-order valence-electron chi connectivity index (χ4n) is 2.48. The average Bonchev–Trinajstić information content (AvgIpc) is 2.20. The van der Waals surface area contributed by atoms with Crippen LogP contribution in [0.3, 0.4) is 0 Å². The van der Waals surface area contributed by atoms with Crippen molar-refractivity contribution in [2.24, 2.45) is 11.7 Å². The molecular formula is C10H20N2O. The van der Waals surface area contributed by atoms with Crippen molar-refractivity contribution in [2.75, 3.05) is 19.7 Å². The lowest BCUT2D eigenvalue weighted by molar-refractivity contribution is -0.0414. The number of ether oxygens (including phenoxy) is 1. The molecule has 2 aliphatic heterocycles. The van der Waals surface area contributed by atoms with E-state index < -0.39 is 0 Å². The molecule has 0 saturated carbocycles. The molecule has 2 saturated heterocycles. The minimum atomic E-state index is 0.289. The van der Waals surface area contributed by atoms with Gasteiger partial charge in [-0.05, 0) is 44.7 Å². The first-order valence-electron chi connectivity index (χ1n) is 5.46. The minimum absolute atomic E-state index is 0.289. The summed E-state index contributed by atoms with van der Waals surface area (Å²) in [4.78, 5) is 0. The molecule has 13 heavy (non-hydrogen) atoms. The van der Waals surface area contributed by atoms with Gasteiger partial charge in [0.2, 0.25) is 0 Å². The van der Waals surface area contributed by atoms with Gasteiger partial charge in [0.15, 0.2) is 0 Å². The van der Waals surface area contributed by atoms with Gasteiger partial charge >= 0.3 is 0 Å². The molecule has 3 heteroatoms. The summed E-state index contributed by atoms with van der Waals surface area (Å²) < 4.78 is 5.78. The second kappa shape index (κ2) is 4.40. The van der Waals surface area contributed by atoms with Gasteiger partial charge in [0.1, 0.15) is 0 Å². The van der Waals surface area contributed by atoms with Crippen molar-refractivity contribution in [3.63, 3.8) is 0 Å². The molecule has 2 heterocycles. The maximum Gasteiger partial charge on any atom is 0.0754 e. The van der Waals surface area contributed by atoms with Crippen molar-refractivity contribution in [1.82, 2.24) is 5.32 Å². The first kappa shape index (κ1) is 9.44. The molecule has 0 spiro atoms. The number of nitrogens with two attached hydrogens (primary N) is 1. The van der Waals surface area contributed by atoms with Gasteiger partial charge in [0.05, 0.1) is 6.10 Å². The van der Waals surface area contributed by atoms with Gasteiger partial charge in [-0.2, -0.15) is 0 Å². The number of hydrogen-bond donors (Lipinski definition) is 2. The van der Waals surface area contributed by atoms with Crippen molar-refractivity contribution >= 4 is 0 Å². The molecule has 0 aromatic rings. The van der Waals surface area contributed by atoms with E-state index in [4.69, 9.17) is 10.5 Å². The molecule has 0 aliphatic carbocycles. The summed E-state index contributed by atoms with van der Waals surface area (Å²) in [6, 6.07) is 0.289. The third-order valence-corrected chi connectivity index (χ3v) is 3.26. The van der Waals surface area contributed by atoms with Crippen molar-refractivity contribution in [3.05, 3.63) is 0 Å². The second-order valence-corrected chi connectivity index (χ2v) is 4.23. The summed E-state index contributed by atoms with van der Waals surface area (Å²) in [6.45, 7) is 3.19. The summed E-state index contributed by atoms with van der Waals surface area (Å²) in [7, 11) is 0. The third kappa shape index (κ3) is 2.22. The van der Waals surface area contributed by atoms with Crippen LogP contribution in [0.2, 0.25) is 0 Å². The molecule has 2 fully saturated rings. The molecule has 3 nitrogen and oxygen atoms in total. The Hall–Kier alpha value is -0.120. The van der Waals surface area contributed by atoms with Crippen molar-refractivity contribution in [2.45, 2.75) is 37.8 Å². The van der Waals surface area contributed by atoms with Crippen LogP contribution in [0, 0.1) is 5.92 Å². The van der Waals surface area contributed by atoms with Crippen LogP contribution in [0.15, 0.2) is 0 Å². The lowest BCUT2D eigenvalue weighted by Crippen LogP contribution is -2.48. The van der Waals surface area contributed by atoms with E-state index in [1.165, 1.54) is 12.8 Å². The highest BCUT2D eigenvalue weighted by molar-refractivity contribution is 4.85. The Kier molecular flexibility index (Phi) is 3.19. The SMILES string of the molecule is N[C@H]1CCCO[C@@H]1C1CCNCC1. The highest BCUT2D eigenvalue weighted by Crippen LogP contribution is 2.25. The molecule has 0 radical (unpaired) electrons. The van der Waals surface area contributed by atoms with Crippen LogP contribution in [-0.4, -0.2) is 31.8 Å². The molecular weight excluding hydrogens is 164 g/mol. The standard InChI is InChI=1S/C10H20N2O/c11-9-2-1-7-13-10(9)8-3-5-12-6-4-8/h8-10,12H,1-7,11H2/t9-,10+/m0/s1. The Bertz CT molecular complexity index is 157. The summed E-state index contributed by atoms with van der Waals surface area (Å²) >= 11 is 0. The van der Waals surface area contributed by atoms with E-state index in [9.17, 15) is 0 Å². The van der Waals surface area contributed by atoms with Crippen LogP contribution in [0.25, 0.3) is 0 Å². The fraction of sp³-hybridized carbons (Fsp3) is 1.00. The summed E-state index contributed by atoms with van der Waals surface area (Å²) in [6.07, 6.45) is 5.10. The van der Waals surface area contributed by atoms with Crippen LogP contribution in [-0.2, 0) is 4.74 Å². The molecule has 3 N–H and O–H groups in total. The van der Waals surface area contributed by atoms with E-state index in [2.05, 4.69) is 5.32 Å². The Labute approximate surface area is 80.0 Å². The fourth-order valence-corrected chi connectivity index (χ4v) is 2.48. The van der Waals surface area contributed by atoms with Gasteiger partial charge < -0.3 is 15.8 Å². The van der Waals surface area contributed by atoms with Crippen LogP contribution in [0.5, 0.6) is 0 Å². The van der Waals surface area contributed by atoms with Gasteiger partial charge in [0.25, 0.3) is 0 Å². The summed E-state index contributed by atoms with van der Waals surface area (Å²) in [5.74, 6) is 0.705. The zero-order valence-corrected chi connectivity index (χ0v) is 8.17. The number of hydrogen-bond acceptors (Lipinski definition) is 3. The number of rotatable bonds is 1. The van der Waals surface area contributed by atoms with E-state index in [0.29, 0.717) is 12.0 Å². The summed E-state index contributed by atoms with van der Waals surface area (Å²) in [5.41, 5.74) is 6.06. The zero-order chi connectivity index (χ0) is 9.10. The predicted molar refractivity (Wildman–Crippen MR) is 52.5 cm³/mol. The molecule has 0 bridgehead atoms. The Balaban J connectivity index is 1.88. The lowest BCUT2D eigenvalue weighted by atomic mass is 9.85. The largest absolute Gasteiger partial charge is 0.376 e. The zero-order valence-electron chi connectivity index (χ0n) is 8.17. The summed E-state index contributed by atoms with van der Waals surface area (Å²) in [5, 5.41) is 3.37. The number of nitrogens with one attached hydrogen (secondary N) is 1. The molecule has 2 atom stereocenters. The highest BCUT2D eigenvalue weighted by Gasteiger charge is 2.31. The van der Waals surface area contributed by atoms with E-state index in [-0.39, 0.29) is 6.04 Å². The van der Waals surface area contributed by atoms with E-state index >= 15 is 0 Å². The topological polar surface area (TPSA) is 47.3 Å². The Morgan fingerprint density at radius 1 is 1.15 bits per heavy atom. The molecule has 0 aromatic carbocycles. The van der Waals surface area contributed by atoms with Gasteiger partial charge in [-0.15, -0.1) is 0 Å². The first-order valence-corrected chi connectivity index (χ1v) is 5.46. The van der Waals surface area contributed by atoms with Crippen LogP contribution < -0.4 is 11.1 Å². The monoisotopic (exact) mass is 184 g/mol. The maximum atomic E-state index is 6.06. The minimum Gasteiger partial charge on any atom is -0.376 e. The van der Waals surface area contributed by atoms with Gasteiger partial charge in [0, 0.05) is 12.6 Å². The van der Waals surface area contributed by atoms with E-state index in [0.717, 1.165) is 32.5 Å². The van der Waals surface area contributed by atoms with E-state index in [1.807, 2.05) is 0 Å². The normalized spacial score (nSPS) is 37.6. The van der Waals surface area contributed by atoms with Gasteiger partial charge in [-0.1, -0.05) is 0 Å². The molecule has 76 valence electrons. The lowest BCUT2D eigenvalue weighted by Gasteiger charge is -2.37. The first-order chi connectivity index (χ1) is 6.38. The van der Waals surface area contributed by atoms with Gasteiger partial charge in [-0.3, -0.25) is 0 Å². The average molecular weight is 184 g/mol. The van der Waals surface area contributed by atoms with Crippen molar-refractivity contribution in [1.29, 1.82) is 0 Å². The van der Waals surface area contributed by atoms with Crippen molar-refractivity contribution < 1.29 is 4.74 Å². The third-order valence-electron chi connectivity index (χ3n) is 3.26. The Morgan fingerprint density at radius 2 is 1.92 bits per heavy atom. The van der Waals surface area contributed by atoms with Crippen LogP contribution in [0.1, 0.15) is 25.7 Å². The maximum absolute atomic E-state index is 6.06. The quantitative estimate of drug-likeness (QED) is 0.623. The van der Waals surface area contributed by atoms with E-state index in [1.54, 1.807) is 0 Å². The molecule has 0 unspecified atom stereocenters. The number of piperidine rings is 1. The Morgan fingerprint density at radius 3 is 2.62 bits per heavy atom. The van der Waals surface area contributed by atoms with Crippen LogP contribution >= 0.6 is 0 Å². The smallest absolute Gasteiger partial charge is 0.0754 e. The molecule has 2 aliphatic rings. The second-order valence-electron chi connectivity index (χ2n) is 4.23. The molecule has 2 rings (SSSR count).